The van der Waals surface area contributed by atoms with Crippen LogP contribution in [-0.2, 0) is 22.4 Å². The zero-order chi connectivity index (χ0) is 14.4. The summed E-state index contributed by atoms with van der Waals surface area (Å²) in [5.74, 6) is -0.215. The molecule has 2 aromatic heterocycles. The molecule has 2 aromatic rings. The molecule has 0 bridgehead atoms. The highest BCUT2D eigenvalue weighted by atomic mass is 32.2. The molecule has 0 amide bonds. The monoisotopic (exact) mass is 322 g/mol. The van der Waals surface area contributed by atoms with Gasteiger partial charge in [0.2, 0.25) is 0 Å². The predicted octanol–water partition coefficient (Wildman–Crippen LogP) is 2.27. The fraction of sp³-hybridized carbons (Fsp3) is 0.500. The Morgan fingerprint density at radius 1 is 1.29 bits per heavy atom. The van der Waals surface area contributed by atoms with E-state index in [0.717, 1.165) is 29.5 Å². The van der Waals surface area contributed by atoms with Crippen LogP contribution < -0.4 is 5.56 Å². The standard InChI is InChI=1S/C14H14N2O3S2/c17-11-10-7-3-1-2-4-8(7)20-12(10)16-14(15-11)21-9-5-6-19-13(9)18/h9H,1-6H2,(H,15,16,17)/t9-/m1/s1. The first kappa shape index (κ1) is 13.3. The van der Waals surface area contributed by atoms with Crippen LogP contribution in [0.15, 0.2) is 9.95 Å². The van der Waals surface area contributed by atoms with Crippen LogP contribution in [0.5, 0.6) is 0 Å². The van der Waals surface area contributed by atoms with Gasteiger partial charge in [-0.2, -0.15) is 0 Å². The number of carbonyl (C=O) groups excluding carboxylic acids is 1. The summed E-state index contributed by atoms with van der Waals surface area (Å²) in [5, 5.41) is 1.03. The number of nitrogens with one attached hydrogen (secondary N) is 1. The van der Waals surface area contributed by atoms with E-state index in [9.17, 15) is 9.59 Å². The third kappa shape index (κ3) is 2.28. The minimum absolute atomic E-state index is 0.0757. The van der Waals surface area contributed by atoms with E-state index in [-0.39, 0.29) is 16.8 Å². The third-order valence-electron chi connectivity index (χ3n) is 3.94. The van der Waals surface area contributed by atoms with Crippen molar-refractivity contribution in [2.75, 3.05) is 6.61 Å². The Morgan fingerprint density at radius 2 is 2.14 bits per heavy atom. The largest absolute Gasteiger partial charge is 0.465 e. The lowest BCUT2D eigenvalue weighted by Crippen LogP contribution is -2.14. The summed E-state index contributed by atoms with van der Waals surface area (Å²) >= 11 is 2.93. The molecule has 0 saturated carbocycles. The van der Waals surface area contributed by atoms with Crippen LogP contribution in [0.3, 0.4) is 0 Å². The normalized spacial score (nSPS) is 21.5. The van der Waals surface area contributed by atoms with Crippen LogP contribution in [0.2, 0.25) is 0 Å². The Morgan fingerprint density at radius 3 is 2.95 bits per heavy atom. The Balaban J connectivity index is 1.75. The van der Waals surface area contributed by atoms with Crippen LogP contribution in [0, 0.1) is 0 Å². The number of H-pyrrole nitrogens is 1. The van der Waals surface area contributed by atoms with Crippen molar-refractivity contribution in [1.82, 2.24) is 9.97 Å². The number of cyclic esters (lactones) is 1. The first-order chi connectivity index (χ1) is 10.2. The van der Waals surface area contributed by atoms with E-state index in [1.165, 1.54) is 28.6 Å². The summed E-state index contributed by atoms with van der Waals surface area (Å²) in [6.07, 6.45) is 5.02. The zero-order valence-corrected chi connectivity index (χ0v) is 12.9. The number of hydrogen-bond donors (Lipinski definition) is 1. The second kappa shape index (κ2) is 5.14. The molecular formula is C14H14N2O3S2. The van der Waals surface area contributed by atoms with Crippen molar-refractivity contribution in [3.63, 3.8) is 0 Å². The number of thiophene rings is 1. The summed E-state index contributed by atoms with van der Waals surface area (Å²) in [6, 6.07) is 0. The molecule has 1 aliphatic carbocycles. The lowest BCUT2D eigenvalue weighted by atomic mass is 9.97. The number of thioether (sulfide) groups is 1. The van der Waals surface area contributed by atoms with Crippen molar-refractivity contribution in [2.24, 2.45) is 0 Å². The molecule has 3 heterocycles. The van der Waals surface area contributed by atoms with E-state index in [4.69, 9.17) is 4.74 Å². The van der Waals surface area contributed by atoms with Gasteiger partial charge in [0.05, 0.1) is 12.0 Å². The lowest BCUT2D eigenvalue weighted by Gasteiger charge is -2.09. The number of aromatic amines is 1. The number of aromatic nitrogens is 2. The third-order valence-corrected chi connectivity index (χ3v) is 6.26. The quantitative estimate of drug-likeness (QED) is 0.678. The second-order valence-electron chi connectivity index (χ2n) is 5.32. The van der Waals surface area contributed by atoms with Crippen LogP contribution in [0.4, 0.5) is 0 Å². The molecular weight excluding hydrogens is 308 g/mol. The van der Waals surface area contributed by atoms with Gasteiger partial charge in [0.1, 0.15) is 10.1 Å². The summed E-state index contributed by atoms with van der Waals surface area (Å²) in [7, 11) is 0. The minimum atomic E-state index is -0.250. The molecule has 1 N–H and O–H groups in total. The fourth-order valence-electron chi connectivity index (χ4n) is 2.92. The maximum Gasteiger partial charge on any atom is 0.319 e. The molecule has 1 aliphatic heterocycles. The Bertz CT molecular complexity index is 780. The Kier molecular flexibility index (Phi) is 3.26. The molecule has 2 aliphatic rings. The van der Waals surface area contributed by atoms with Gasteiger partial charge in [0.25, 0.3) is 5.56 Å². The molecule has 5 nitrogen and oxygen atoms in total. The molecule has 0 unspecified atom stereocenters. The number of esters is 1. The van der Waals surface area contributed by atoms with Crippen LogP contribution >= 0.6 is 23.1 Å². The molecule has 110 valence electrons. The van der Waals surface area contributed by atoms with Crippen molar-refractivity contribution in [1.29, 1.82) is 0 Å². The van der Waals surface area contributed by atoms with E-state index in [1.807, 2.05) is 0 Å². The van der Waals surface area contributed by atoms with Gasteiger partial charge in [-0.25, -0.2) is 4.98 Å². The van der Waals surface area contributed by atoms with Gasteiger partial charge >= 0.3 is 5.97 Å². The summed E-state index contributed by atoms with van der Waals surface area (Å²) < 4.78 is 4.94. The van der Waals surface area contributed by atoms with Crippen LogP contribution in [0.1, 0.15) is 29.7 Å². The van der Waals surface area contributed by atoms with Gasteiger partial charge in [0, 0.05) is 11.3 Å². The van der Waals surface area contributed by atoms with Gasteiger partial charge < -0.3 is 9.72 Å². The van der Waals surface area contributed by atoms with Crippen LogP contribution in [0.25, 0.3) is 10.2 Å². The van der Waals surface area contributed by atoms with Crippen LogP contribution in [-0.4, -0.2) is 27.8 Å². The van der Waals surface area contributed by atoms with E-state index in [0.29, 0.717) is 18.2 Å². The number of hydrogen-bond acceptors (Lipinski definition) is 6. The van der Waals surface area contributed by atoms with E-state index in [2.05, 4.69) is 9.97 Å². The molecule has 7 heteroatoms. The van der Waals surface area contributed by atoms with Gasteiger partial charge in [0.15, 0.2) is 5.16 Å². The van der Waals surface area contributed by atoms with Gasteiger partial charge in [-0.3, -0.25) is 9.59 Å². The summed E-state index contributed by atoms with van der Waals surface area (Å²) in [6.45, 7) is 0.455. The number of nitrogens with zero attached hydrogens (tertiary/aromatic N) is 1. The number of aryl methyl sites for hydroxylation is 2. The molecule has 21 heavy (non-hydrogen) atoms. The average Bonchev–Trinajstić information content (AvgIpc) is 3.02. The van der Waals surface area contributed by atoms with Gasteiger partial charge in [-0.05, 0) is 31.2 Å². The molecule has 1 saturated heterocycles. The highest BCUT2D eigenvalue weighted by Gasteiger charge is 2.29. The van der Waals surface area contributed by atoms with Crippen molar-refractivity contribution in [2.45, 2.75) is 42.5 Å². The van der Waals surface area contributed by atoms with Gasteiger partial charge in [-0.15, -0.1) is 11.3 Å². The zero-order valence-electron chi connectivity index (χ0n) is 11.3. The van der Waals surface area contributed by atoms with Crippen molar-refractivity contribution in [3.8, 4) is 0 Å². The fourth-order valence-corrected chi connectivity index (χ4v) is 5.18. The average molecular weight is 322 g/mol. The lowest BCUT2D eigenvalue weighted by molar-refractivity contribution is -0.137. The number of rotatable bonds is 2. The van der Waals surface area contributed by atoms with Gasteiger partial charge in [-0.1, -0.05) is 11.8 Å². The molecule has 4 rings (SSSR count). The van der Waals surface area contributed by atoms with E-state index < -0.39 is 0 Å². The SMILES string of the molecule is O=C1OCC[C@H]1Sc1nc2sc3c(c2c(=O)[nH]1)CCCC3. The number of ether oxygens (including phenoxy) is 1. The topological polar surface area (TPSA) is 72.0 Å². The second-order valence-corrected chi connectivity index (χ2v) is 7.60. The molecule has 0 radical (unpaired) electrons. The summed E-state index contributed by atoms with van der Waals surface area (Å²) in [5.41, 5.74) is 1.11. The first-order valence-corrected chi connectivity index (χ1v) is 8.80. The minimum Gasteiger partial charge on any atom is -0.465 e. The van der Waals surface area contributed by atoms with Crippen molar-refractivity contribution in [3.05, 3.63) is 20.8 Å². The predicted molar refractivity (Wildman–Crippen MR) is 82.1 cm³/mol. The number of fused-ring (bicyclic) bond motifs is 3. The smallest absolute Gasteiger partial charge is 0.319 e. The van der Waals surface area contributed by atoms with Crippen molar-refractivity contribution < 1.29 is 9.53 Å². The molecule has 1 atom stereocenters. The van der Waals surface area contributed by atoms with E-state index in [1.54, 1.807) is 11.3 Å². The maximum atomic E-state index is 12.4. The highest BCUT2D eigenvalue weighted by molar-refractivity contribution is 8.00. The van der Waals surface area contributed by atoms with Crippen molar-refractivity contribution >= 4 is 39.3 Å². The highest BCUT2D eigenvalue weighted by Crippen LogP contribution is 2.35. The first-order valence-electron chi connectivity index (χ1n) is 7.10. The molecule has 0 spiro atoms. The summed E-state index contributed by atoms with van der Waals surface area (Å²) in [4.78, 5) is 33.4. The van der Waals surface area contributed by atoms with E-state index >= 15 is 0 Å². The Hall–Kier alpha value is -1.34. The Labute approximate surface area is 129 Å². The maximum absolute atomic E-state index is 12.4. The molecule has 1 fully saturated rings. The number of carbonyl (C=O) groups is 1. The molecule has 0 aromatic carbocycles.